The smallest absolute Gasteiger partial charge is 0.338 e. The first-order valence-corrected chi connectivity index (χ1v) is 4.15. The van der Waals surface area contributed by atoms with E-state index in [0.717, 1.165) is 0 Å². The minimum atomic E-state index is -0.367. The Balaban J connectivity index is 2.40. The van der Waals surface area contributed by atoms with Crippen molar-refractivity contribution in [2.75, 3.05) is 13.2 Å². The van der Waals surface area contributed by atoms with Crippen molar-refractivity contribution in [1.82, 2.24) is 0 Å². The van der Waals surface area contributed by atoms with Crippen molar-refractivity contribution in [3.8, 4) is 0 Å². The highest BCUT2D eigenvalue weighted by atomic mass is 16.5. The molecule has 0 saturated carbocycles. The zero-order valence-corrected chi connectivity index (χ0v) is 7.23. The molecular formula is C10H11O3. The summed E-state index contributed by atoms with van der Waals surface area (Å²) >= 11 is 0. The Kier molecular flexibility index (Phi) is 3.99. The Bertz CT molecular complexity index is 256. The van der Waals surface area contributed by atoms with Crippen molar-refractivity contribution in [3.05, 3.63) is 35.9 Å². The van der Waals surface area contributed by atoms with Gasteiger partial charge >= 0.3 is 5.97 Å². The maximum atomic E-state index is 11.2. The van der Waals surface area contributed by atoms with Crippen LogP contribution in [-0.2, 0) is 9.84 Å². The third-order valence-electron chi connectivity index (χ3n) is 1.53. The predicted molar refractivity (Wildman–Crippen MR) is 46.9 cm³/mol. The minimum Gasteiger partial charge on any atom is -0.462 e. The number of carbonyl (C=O) groups excluding carboxylic acids is 1. The van der Waals surface area contributed by atoms with E-state index >= 15 is 0 Å². The van der Waals surface area contributed by atoms with Crippen LogP contribution in [0.15, 0.2) is 30.3 Å². The van der Waals surface area contributed by atoms with Gasteiger partial charge < -0.3 is 4.74 Å². The van der Waals surface area contributed by atoms with Crippen LogP contribution in [0.5, 0.6) is 0 Å². The second-order valence-electron chi connectivity index (χ2n) is 2.56. The number of ether oxygens (including phenoxy) is 1. The summed E-state index contributed by atoms with van der Waals surface area (Å²) in [5.74, 6) is -0.367. The van der Waals surface area contributed by atoms with Gasteiger partial charge in [0.2, 0.25) is 0 Å². The first-order chi connectivity index (χ1) is 6.34. The van der Waals surface area contributed by atoms with Crippen LogP contribution >= 0.6 is 0 Å². The average Bonchev–Trinajstić information content (AvgIpc) is 2.19. The molecule has 0 aliphatic carbocycles. The van der Waals surface area contributed by atoms with E-state index in [2.05, 4.69) is 0 Å². The lowest BCUT2D eigenvalue weighted by Crippen LogP contribution is -2.06. The number of benzene rings is 1. The summed E-state index contributed by atoms with van der Waals surface area (Å²) in [6, 6.07) is 8.72. The molecule has 0 spiro atoms. The molecule has 0 N–H and O–H groups in total. The summed E-state index contributed by atoms with van der Waals surface area (Å²) < 4.78 is 4.83. The minimum absolute atomic E-state index is 0.206. The molecule has 0 aliphatic heterocycles. The number of hydrogen-bond donors (Lipinski definition) is 0. The molecule has 13 heavy (non-hydrogen) atoms. The van der Waals surface area contributed by atoms with E-state index < -0.39 is 0 Å². The molecule has 0 aromatic heterocycles. The quantitative estimate of drug-likeness (QED) is 0.521. The van der Waals surface area contributed by atoms with E-state index in [-0.39, 0.29) is 19.2 Å². The molecule has 1 aromatic carbocycles. The third-order valence-corrected chi connectivity index (χ3v) is 1.53. The first-order valence-electron chi connectivity index (χ1n) is 4.15. The zero-order valence-electron chi connectivity index (χ0n) is 7.23. The summed E-state index contributed by atoms with van der Waals surface area (Å²) in [6.07, 6.45) is 0.374. The Hall–Kier alpha value is -1.35. The van der Waals surface area contributed by atoms with Gasteiger partial charge in [-0.1, -0.05) is 18.2 Å². The molecule has 3 nitrogen and oxygen atoms in total. The van der Waals surface area contributed by atoms with Gasteiger partial charge in [0.1, 0.15) is 0 Å². The normalized spacial score (nSPS) is 9.62. The Labute approximate surface area is 77.0 Å². The van der Waals surface area contributed by atoms with Gasteiger partial charge in [-0.25, -0.2) is 9.90 Å². The van der Waals surface area contributed by atoms with Gasteiger partial charge in [-0.05, 0) is 12.1 Å². The van der Waals surface area contributed by atoms with E-state index in [1.807, 2.05) is 6.07 Å². The largest absolute Gasteiger partial charge is 0.462 e. The van der Waals surface area contributed by atoms with Crippen LogP contribution < -0.4 is 0 Å². The first kappa shape index (κ1) is 9.74. The lowest BCUT2D eigenvalue weighted by Gasteiger charge is -2.01. The summed E-state index contributed by atoms with van der Waals surface area (Å²) in [5, 5.41) is 10.1. The van der Waals surface area contributed by atoms with Gasteiger partial charge in [0.25, 0.3) is 0 Å². The lowest BCUT2D eigenvalue weighted by atomic mass is 10.2. The molecule has 1 radical (unpaired) electrons. The molecule has 0 aliphatic rings. The molecule has 0 amide bonds. The second-order valence-corrected chi connectivity index (χ2v) is 2.56. The Morgan fingerprint density at radius 2 is 1.92 bits per heavy atom. The second kappa shape index (κ2) is 5.32. The molecule has 0 unspecified atom stereocenters. The van der Waals surface area contributed by atoms with Crippen LogP contribution in [0.2, 0.25) is 0 Å². The molecule has 69 valence electrons. The van der Waals surface area contributed by atoms with Crippen LogP contribution in [-0.4, -0.2) is 19.2 Å². The topological polar surface area (TPSA) is 46.2 Å². The Morgan fingerprint density at radius 1 is 1.23 bits per heavy atom. The van der Waals surface area contributed by atoms with E-state index in [9.17, 15) is 9.90 Å². The molecule has 1 rings (SSSR count). The maximum Gasteiger partial charge on any atom is 0.338 e. The van der Waals surface area contributed by atoms with Gasteiger partial charge in [0, 0.05) is 6.42 Å². The number of rotatable bonds is 4. The third kappa shape index (κ3) is 3.25. The summed E-state index contributed by atoms with van der Waals surface area (Å²) in [4.78, 5) is 11.2. The van der Waals surface area contributed by atoms with Gasteiger partial charge in [0.15, 0.2) is 0 Å². The molecule has 3 heteroatoms. The zero-order chi connectivity index (χ0) is 9.52. The molecule has 0 fully saturated rings. The van der Waals surface area contributed by atoms with Gasteiger partial charge in [-0.3, -0.25) is 0 Å². The van der Waals surface area contributed by atoms with Crippen LogP contribution in [0, 0.1) is 0 Å². The maximum absolute atomic E-state index is 11.2. The van der Waals surface area contributed by atoms with Crippen LogP contribution in [0.3, 0.4) is 0 Å². The highest BCUT2D eigenvalue weighted by Crippen LogP contribution is 2.00. The van der Waals surface area contributed by atoms with Crippen molar-refractivity contribution >= 4 is 5.97 Å². The lowest BCUT2D eigenvalue weighted by molar-refractivity contribution is 0.0463. The molecule has 1 aromatic rings. The van der Waals surface area contributed by atoms with Crippen molar-refractivity contribution in [3.63, 3.8) is 0 Å². The van der Waals surface area contributed by atoms with Crippen molar-refractivity contribution in [2.45, 2.75) is 6.42 Å². The molecule has 0 bridgehead atoms. The van der Waals surface area contributed by atoms with Crippen LogP contribution in [0.4, 0.5) is 0 Å². The SMILES string of the molecule is [O]CCCOC(=O)c1ccccc1. The van der Waals surface area contributed by atoms with E-state index in [4.69, 9.17) is 4.74 Å². The molecule has 0 atom stereocenters. The summed E-state index contributed by atoms with van der Waals surface area (Å²) in [5.41, 5.74) is 0.522. The molecular weight excluding hydrogens is 168 g/mol. The van der Waals surface area contributed by atoms with E-state index in [0.29, 0.717) is 12.0 Å². The predicted octanol–water partition coefficient (Wildman–Crippen LogP) is 1.66. The highest BCUT2D eigenvalue weighted by Gasteiger charge is 2.04. The number of carbonyl (C=O) groups is 1. The standard InChI is InChI=1S/C10H11O3/c11-7-4-8-13-10(12)9-5-2-1-3-6-9/h1-3,5-6H,4,7-8H2. The van der Waals surface area contributed by atoms with Crippen molar-refractivity contribution in [1.29, 1.82) is 0 Å². The van der Waals surface area contributed by atoms with Gasteiger partial charge in [-0.2, -0.15) is 0 Å². The Morgan fingerprint density at radius 3 is 2.54 bits per heavy atom. The number of hydrogen-bond acceptors (Lipinski definition) is 2. The fourth-order valence-corrected chi connectivity index (χ4v) is 0.881. The number of esters is 1. The van der Waals surface area contributed by atoms with Gasteiger partial charge in [-0.15, -0.1) is 0 Å². The van der Waals surface area contributed by atoms with Crippen molar-refractivity contribution in [2.24, 2.45) is 0 Å². The monoisotopic (exact) mass is 179 g/mol. The highest BCUT2D eigenvalue weighted by molar-refractivity contribution is 5.89. The van der Waals surface area contributed by atoms with Crippen LogP contribution in [0.25, 0.3) is 0 Å². The van der Waals surface area contributed by atoms with Crippen molar-refractivity contribution < 1.29 is 14.6 Å². The molecule has 0 heterocycles. The summed E-state index contributed by atoms with van der Waals surface area (Å²) in [6.45, 7) is -0.000697. The van der Waals surface area contributed by atoms with E-state index in [1.165, 1.54) is 0 Å². The van der Waals surface area contributed by atoms with Crippen LogP contribution in [0.1, 0.15) is 16.8 Å². The fraction of sp³-hybridized carbons (Fsp3) is 0.300. The molecule has 0 saturated heterocycles. The summed E-state index contributed by atoms with van der Waals surface area (Å²) in [7, 11) is 0. The average molecular weight is 179 g/mol. The van der Waals surface area contributed by atoms with E-state index in [1.54, 1.807) is 24.3 Å². The van der Waals surface area contributed by atoms with Gasteiger partial charge in [0.05, 0.1) is 18.8 Å². The fourth-order valence-electron chi connectivity index (χ4n) is 0.881.